The molecule has 13 heavy (non-hydrogen) atoms. The van der Waals surface area contributed by atoms with Gasteiger partial charge in [-0.25, -0.2) is 4.79 Å². The van der Waals surface area contributed by atoms with E-state index in [-0.39, 0.29) is 0 Å². The van der Waals surface area contributed by atoms with Crippen LogP contribution in [0.2, 0.25) is 0 Å². The van der Waals surface area contributed by atoms with Crippen molar-refractivity contribution in [3.8, 4) is 0 Å². The number of methoxy groups -OCH3 is 1. The molecule has 1 fully saturated rings. The second-order valence-electron chi connectivity index (χ2n) is 3.22. The van der Waals surface area contributed by atoms with Gasteiger partial charge in [0, 0.05) is 6.04 Å². The molecule has 1 aliphatic rings. The van der Waals surface area contributed by atoms with Crippen molar-refractivity contribution in [1.82, 2.24) is 4.90 Å². The normalized spacial score (nSPS) is 18.4. The number of rotatable bonds is 4. The highest BCUT2D eigenvalue weighted by Crippen LogP contribution is 2.27. The van der Waals surface area contributed by atoms with Crippen LogP contribution in [0.4, 0.5) is 0 Å². The van der Waals surface area contributed by atoms with Crippen molar-refractivity contribution in [2.45, 2.75) is 24.9 Å². The van der Waals surface area contributed by atoms with Gasteiger partial charge in [0.25, 0.3) is 0 Å². The predicted molar refractivity (Wildman–Crippen MR) is 45.8 cm³/mol. The van der Waals surface area contributed by atoms with Crippen LogP contribution in [0.3, 0.4) is 0 Å². The van der Waals surface area contributed by atoms with Gasteiger partial charge in [-0.15, -0.1) is 0 Å². The number of nitrogens with zero attached hydrogens (tertiary/aromatic N) is 1. The molecule has 1 atom stereocenters. The molecule has 0 aromatic rings. The average molecular weight is 186 g/mol. The molecule has 2 N–H and O–H groups in total. The molecule has 1 aliphatic carbocycles. The van der Waals surface area contributed by atoms with Crippen LogP contribution in [0.5, 0.6) is 0 Å². The van der Waals surface area contributed by atoms with E-state index < -0.39 is 17.9 Å². The zero-order valence-electron chi connectivity index (χ0n) is 7.82. The number of likely N-dealkylation sites (N-methyl/N-ethyl adjacent to an activating group) is 1. The molecule has 0 spiro atoms. The van der Waals surface area contributed by atoms with E-state index >= 15 is 0 Å². The third-order valence-electron chi connectivity index (χ3n) is 2.22. The lowest BCUT2D eigenvalue weighted by Crippen LogP contribution is -2.49. The van der Waals surface area contributed by atoms with Crippen molar-refractivity contribution in [1.29, 1.82) is 0 Å². The van der Waals surface area contributed by atoms with Gasteiger partial charge in [0.15, 0.2) is 6.04 Å². The van der Waals surface area contributed by atoms with Gasteiger partial charge >= 0.3 is 5.97 Å². The molecule has 0 aliphatic heterocycles. The van der Waals surface area contributed by atoms with E-state index in [1.165, 1.54) is 7.11 Å². The van der Waals surface area contributed by atoms with Crippen molar-refractivity contribution in [3.05, 3.63) is 0 Å². The first kappa shape index (κ1) is 9.98. The van der Waals surface area contributed by atoms with Crippen molar-refractivity contribution < 1.29 is 14.3 Å². The maximum atomic E-state index is 11.2. The van der Waals surface area contributed by atoms with Gasteiger partial charge < -0.3 is 10.5 Å². The largest absolute Gasteiger partial charge is 0.467 e. The van der Waals surface area contributed by atoms with Crippen LogP contribution in [0.25, 0.3) is 0 Å². The number of ether oxygens (including phenoxy) is 1. The van der Waals surface area contributed by atoms with Crippen LogP contribution < -0.4 is 5.73 Å². The molecule has 0 unspecified atom stereocenters. The molecule has 0 radical (unpaired) electrons. The minimum Gasteiger partial charge on any atom is -0.467 e. The van der Waals surface area contributed by atoms with Gasteiger partial charge in [0.2, 0.25) is 5.91 Å². The Hall–Kier alpha value is -1.10. The highest BCUT2D eigenvalue weighted by atomic mass is 16.5. The molecule has 1 saturated carbocycles. The average Bonchev–Trinajstić information content (AvgIpc) is 2.85. The summed E-state index contributed by atoms with van der Waals surface area (Å²) in [5.74, 6) is -1.23. The Balaban J connectivity index is 2.65. The minimum absolute atomic E-state index is 0.302. The summed E-state index contributed by atoms with van der Waals surface area (Å²) in [6.07, 6.45) is 2.02. The Kier molecular flexibility index (Phi) is 2.87. The van der Waals surface area contributed by atoms with Gasteiger partial charge in [0.05, 0.1) is 7.11 Å². The fourth-order valence-electron chi connectivity index (χ4n) is 1.29. The number of primary amides is 1. The highest BCUT2D eigenvalue weighted by molar-refractivity contribution is 6.01. The molecule has 1 amide bonds. The van der Waals surface area contributed by atoms with E-state index in [0.29, 0.717) is 6.04 Å². The van der Waals surface area contributed by atoms with Gasteiger partial charge in [-0.3, -0.25) is 9.69 Å². The molecule has 1 rings (SSSR count). The number of hydrogen-bond donors (Lipinski definition) is 1. The molecule has 0 aromatic carbocycles. The Bertz CT molecular complexity index is 225. The molecular formula is C8H14N2O3. The SMILES string of the molecule is COC(=O)[C@@H](C(N)=O)N(C)C1CC1. The lowest BCUT2D eigenvalue weighted by molar-refractivity contribution is -0.150. The van der Waals surface area contributed by atoms with E-state index in [0.717, 1.165) is 12.8 Å². The Labute approximate surface area is 76.8 Å². The molecule has 0 heterocycles. The van der Waals surface area contributed by atoms with E-state index in [4.69, 9.17) is 5.73 Å². The van der Waals surface area contributed by atoms with Gasteiger partial charge in [-0.05, 0) is 19.9 Å². The third-order valence-corrected chi connectivity index (χ3v) is 2.22. The van der Waals surface area contributed by atoms with Crippen LogP contribution in [0, 0.1) is 0 Å². The number of carbonyl (C=O) groups is 2. The van der Waals surface area contributed by atoms with Crippen molar-refractivity contribution >= 4 is 11.9 Å². The molecule has 5 nitrogen and oxygen atoms in total. The molecule has 0 saturated heterocycles. The lowest BCUT2D eigenvalue weighted by Gasteiger charge is -2.22. The first-order chi connectivity index (χ1) is 6.07. The quantitative estimate of drug-likeness (QED) is 0.456. The summed E-state index contributed by atoms with van der Waals surface area (Å²) in [6, 6.07) is -0.630. The summed E-state index contributed by atoms with van der Waals surface area (Å²) in [5.41, 5.74) is 5.10. The van der Waals surface area contributed by atoms with Gasteiger partial charge in [-0.2, -0.15) is 0 Å². The summed E-state index contributed by atoms with van der Waals surface area (Å²) in [6.45, 7) is 0. The van der Waals surface area contributed by atoms with Crippen LogP contribution in [0.15, 0.2) is 0 Å². The van der Waals surface area contributed by atoms with Crippen molar-refractivity contribution in [3.63, 3.8) is 0 Å². The van der Waals surface area contributed by atoms with Crippen LogP contribution in [-0.4, -0.2) is 43.0 Å². The molecule has 0 aromatic heterocycles. The number of nitrogens with two attached hydrogens (primary N) is 1. The summed E-state index contributed by atoms with van der Waals surface area (Å²) >= 11 is 0. The Morgan fingerprint density at radius 2 is 2.08 bits per heavy atom. The Morgan fingerprint density at radius 1 is 1.54 bits per heavy atom. The zero-order valence-corrected chi connectivity index (χ0v) is 7.82. The summed E-state index contributed by atoms with van der Waals surface area (Å²) in [4.78, 5) is 23.8. The fraction of sp³-hybridized carbons (Fsp3) is 0.750. The number of amides is 1. The summed E-state index contributed by atoms with van der Waals surface area (Å²) in [5, 5.41) is 0. The molecule has 0 bridgehead atoms. The standard InChI is InChI=1S/C8H14N2O3/c1-10(5-3-4-5)6(7(9)11)8(12)13-2/h5-6H,3-4H2,1-2H3,(H2,9,11)/t6-/m1/s1. The minimum atomic E-state index is -0.933. The fourth-order valence-corrected chi connectivity index (χ4v) is 1.29. The number of hydrogen-bond acceptors (Lipinski definition) is 4. The molecule has 5 heteroatoms. The number of esters is 1. The summed E-state index contributed by atoms with van der Waals surface area (Å²) < 4.78 is 4.49. The molecule has 74 valence electrons. The predicted octanol–water partition coefficient (Wildman–Crippen LogP) is -0.892. The Morgan fingerprint density at radius 3 is 2.38 bits per heavy atom. The lowest BCUT2D eigenvalue weighted by atomic mass is 10.2. The monoisotopic (exact) mass is 186 g/mol. The van der Waals surface area contributed by atoms with E-state index in [9.17, 15) is 9.59 Å². The van der Waals surface area contributed by atoms with Crippen molar-refractivity contribution in [2.24, 2.45) is 5.73 Å². The van der Waals surface area contributed by atoms with Gasteiger partial charge in [-0.1, -0.05) is 0 Å². The van der Waals surface area contributed by atoms with E-state index in [1.807, 2.05) is 0 Å². The maximum Gasteiger partial charge on any atom is 0.332 e. The summed E-state index contributed by atoms with van der Waals surface area (Å²) in [7, 11) is 2.96. The van der Waals surface area contributed by atoms with Crippen molar-refractivity contribution in [2.75, 3.05) is 14.2 Å². The zero-order chi connectivity index (χ0) is 10.0. The smallest absolute Gasteiger partial charge is 0.332 e. The van der Waals surface area contributed by atoms with E-state index in [1.54, 1.807) is 11.9 Å². The number of carbonyl (C=O) groups excluding carboxylic acids is 2. The first-order valence-electron chi connectivity index (χ1n) is 4.17. The third kappa shape index (κ3) is 2.18. The second-order valence-corrected chi connectivity index (χ2v) is 3.22. The topological polar surface area (TPSA) is 72.6 Å². The first-order valence-corrected chi connectivity index (χ1v) is 4.17. The van der Waals surface area contributed by atoms with Crippen LogP contribution in [0.1, 0.15) is 12.8 Å². The second kappa shape index (κ2) is 3.74. The van der Waals surface area contributed by atoms with Crippen LogP contribution >= 0.6 is 0 Å². The molecular weight excluding hydrogens is 172 g/mol. The highest BCUT2D eigenvalue weighted by Gasteiger charge is 2.38. The van der Waals surface area contributed by atoms with Gasteiger partial charge in [0.1, 0.15) is 0 Å². The van der Waals surface area contributed by atoms with Crippen LogP contribution in [-0.2, 0) is 14.3 Å². The van der Waals surface area contributed by atoms with E-state index in [2.05, 4.69) is 4.74 Å². The maximum absolute atomic E-state index is 11.2.